The summed E-state index contributed by atoms with van der Waals surface area (Å²) in [6.07, 6.45) is 16.4. The molecule has 0 N–H and O–H groups in total. The lowest BCUT2D eigenvalue weighted by atomic mass is 9.73. The summed E-state index contributed by atoms with van der Waals surface area (Å²) in [7, 11) is 0. The van der Waals surface area contributed by atoms with Crippen LogP contribution in [0.1, 0.15) is 77.6 Å². The van der Waals surface area contributed by atoms with Gasteiger partial charge in [-0.05, 0) is 49.9 Å². The van der Waals surface area contributed by atoms with E-state index in [1.54, 1.807) is 0 Å². The fourth-order valence-electron chi connectivity index (χ4n) is 4.20. The summed E-state index contributed by atoms with van der Waals surface area (Å²) >= 11 is 0. The number of carbonyl (C=O) groups is 1. The Morgan fingerprint density at radius 3 is 1.83 bits per heavy atom. The Balaban J connectivity index is 1.64. The van der Waals surface area contributed by atoms with E-state index >= 15 is 0 Å². The molecule has 0 unspecified atom stereocenters. The Morgan fingerprint density at radius 2 is 1.33 bits per heavy atom. The SMILES string of the molecule is CCCC1CCC(CC2CCC(C=O)CC2)CC1. The van der Waals surface area contributed by atoms with Gasteiger partial charge in [-0.15, -0.1) is 0 Å². The van der Waals surface area contributed by atoms with Crippen molar-refractivity contribution in [2.24, 2.45) is 23.7 Å². The second-order valence-electron chi connectivity index (χ2n) is 6.83. The molecule has 2 saturated carbocycles. The van der Waals surface area contributed by atoms with Gasteiger partial charge in [0.05, 0.1) is 0 Å². The molecule has 104 valence electrons. The zero-order valence-corrected chi connectivity index (χ0v) is 12.1. The topological polar surface area (TPSA) is 17.1 Å². The van der Waals surface area contributed by atoms with E-state index in [-0.39, 0.29) is 0 Å². The highest BCUT2D eigenvalue weighted by atomic mass is 16.1. The normalized spacial score (nSPS) is 37.4. The highest BCUT2D eigenvalue weighted by molar-refractivity contribution is 5.53. The maximum atomic E-state index is 10.8. The van der Waals surface area contributed by atoms with E-state index in [1.165, 1.54) is 76.9 Å². The van der Waals surface area contributed by atoms with Crippen LogP contribution in [0.4, 0.5) is 0 Å². The lowest BCUT2D eigenvalue weighted by molar-refractivity contribution is -0.112. The van der Waals surface area contributed by atoms with Crippen molar-refractivity contribution >= 4 is 6.29 Å². The predicted octanol–water partition coefficient (Wildman–Crippen LogP) is 4.99. The lowest BCUT2D eigenvalue weighted by Gasteiger charge is -2.33. The predicted molar refractivity (Wildman–Crippen MR) is 76.5 cm³/mol. The summed E-state index contributed by atoms with van der Waals surface area (Å²) in [4.78, 5) is 10.8. The minimum Gasteiger partial charge on any atom is -0.303 e. The molecule has 0 bridgehead atoms. The molecule has 2 aliphatic rings. The fraction of sp³-hybridized carbons (Fsp3) is 0.941. The Morgan fingerprint density at radius 1 is 0.833 bits per heavy atom. The van der Waals surface area contributed by atoms with Crippen LogP contribution in [-0.2, 0) is 4.79 Å². The second-order valence-corrected chi connectivity index (χ2v) is 6.83. The third-order valence-electron chi connectivity index (χ3n) is 5.41. The molecular formula is C17H30O. The number of hydrogen-bond donors (Lipinski definition) is 0. The first-order valence-electron chi connectivity index (χ1n) is 8.27. The molecule has 2 rings (SSSR count). The molecular weight excluding hydrogens is 220 g/mol. The molecule has 0 saturated heterocycles. The molecule has 2 aliphatic carbocycles. The molecule has 18 heavy (non-hydrogen) atoms. The maximum Gasteiger partial charge on any atom is 0.123 e. The Kier molecular flexibility index (Phi) is 5.72. The molecule has 1 nitrogen and oxygen atoms in total. The summed E-state index contributed by atoms with van der Waals surface area (Å²) in [5.41, 5.74) is 0. The summed E-state index contributed by atoms with van der Waals surface area (Å²) in [5, 5.41) is 0. The van der Waals surface area contributed by atoms with Crippen molar-refractivity contribution < 1.29 is 4.79 Å². The molecule has 0 aromatic rings. The van der Waals surface area contributed by atoms with Crippen molar-refractivity contribution in [1.82, 2.24) is 0 Å². The molecule has 0 heterocycles. The smallest absolute Gasteiger partial charge is 0.123 e. The van der Waals surface area contributed by atoms with E-state index < -0.39 is 0 Å². The zero-order chi connectivity index (χ0) is 12.8. The monoisotopic (exact) mass is 250 g/mol. The number of hydrogen-bond acceptors (Lipinski definition) is 1. The second kappa shape index (κ2) is 7.31. The van der Waals surface area contributed by atoms with Gasteiger partial charge in [-0.25, -0.2) is 0 Å². The van der Waals surface area contributed by atoms with Gasteiger partial charge in [-0.2, -0.15) is 0 Å². The van der Waals surface area contributed by atoms with Crippen LogP contribution in [0.25, 0.3) is 0 Å². The quantitative estimate of drug-likeness (QED) is 0.628. The summed E-state index contributed by atoms with van der Waals surface area (Å²) in [6, 6.07) is 0. The van der Waals surface area contributed by atoms with Gasteiger partial charge in [0.25, 0.3) is 0 Å². The lowest BCUT2D eigenvalue weighted by Crippen LogP contribution is -2.21. The van der Waals surface area contributed by atoms with Crippen molar-refractivity contribution in [3.63, 3.8) is 0 Å². The van der Waals surface area contributed by atoms with Gasteiger partial charge in [-0.3, -0.25) is 0 Å². The maximum absolute atomic E-state index is 10.8. The van der Waals surface area contributed by atoms with E-state index in [0.29, 0.717) is 5.92 Å². The van der Waals surface area contributed by atoms with Crippen LogP contribution in [0.2, 0.25) is 0 Å². The highest BCUT2D eigenvalue weighted by Gasteiger charge is 2.26. The van der Waals surface area contributed by atoms with Crippen LogP contribution in [0.5, 0.6) is 0 Å². The molecule has 0 aliphatic heterocycles. The van der Waals surface area contributed by atoms with Crippen LogP contribution in [-0.4, -0.2) is 6.29 Å². The first kappa shape index (κ1) is 14.1. The minimum absolute atomic E-state index is 0.390. The molecule has 2 fully saturated rings. The average Bonchev–Trinajstić information content (AvgIpc) is 2.42. The minimum atomic E-state index is 0.390. The van der Waals surface area contributed by atoms with E-state index in [1.807, 2.05) is 0 Å². The average molecular weight is 250 g/mol. The number of aldehydes is 1. The van der Waals surface area contributed by atoms with E-state index in [2.05, 4.69) is 6.92 Å². The van der Waals surface area contributed by atoms with Crippen molar-refractivity contribution in [3.05, 3.63) is 0 Å². The molecule has 0 spiro atoms. The van der Waals surface area contributed by atoms with E-state index in [0.717, 1.165) is 17.8 Å². The first-order chi connectivity index (χ1) is 8.81. The first-order valence-corrected chi connectivity index (χ1v) is 8.27. The fourth-order valence-corrected chi connectivity index (χ4v) is 4.20. The zero-order valence-electron chi connectivity index (χ0n) is 12.1. The Hall–Kier alpha value is -0.330. The molecule has 0 aromatic carbocycles. The van der Waals surface area contributed by atoms with Crippen LogP contribution in [0.15, 0.2) is 0 Å². The molecule has 0 atom stereocenters. The highest BCUT2D eigenvalue weighted by Crippen LogP contribution is 2.38. The van der Waals surface area contributed by atoms with Crippen LogP contribution in [0, 0.1) is 23.7 Å². The van der Waals surface area contributed by atoms with Gasteiger partial charge in [0.15, 0.2) is 0 Å². The Labute approximate surface area is 113 Å². The third kappa shape index (κ3) is 4.10. The van der Waals surface area contributed by atoms with Gasteiger partial charge in [-0.1, -0.05) is 45.4 Å². The molecule has 1 heteroatoms. The van der Waals surface area contributed by atoms with Crippen LogP contribution < -0.4 is 0 Å². The third-order valence-corrected chi connectivity index (χ3v) is 5.41. The van der Waals surface area contributed by atoms with Crippen LogP contribution >= 0.6 is 0 Å². The van der Waals surface area contributed by atoms with Gasteiger partial charge in [0.1, 0.15) is 6.29 Å². The largest absolute Gasteiger partial charge is 0.303 e. The number of carbonyl (C=O) groups excluding carboxylic acids is 1. The standard InChI is InChI=1S/C17H30O/c1-2-3-14-4-6-15(7-5-14)12-16-8-10-17(13-18)11-9-16/h13-17H,2-12H2,1H3. The van der Waals surface area contributed by atoms with Gasteiger partial charge >= 0.3 is 0 Å². The molecule has 0 radical (unpaired) electrons. The summed E-state index contributed by atoms with van der Waals surface area (Å²) < 4.78 is 0. The van der Waals surface area contributed by atoms with Crippen LogP contribution in [0.3, 0.4) is 0 Å². The number of rotatable bonds is 5. The summed E-state index contributed by atoms with van der Waals surface area (Å²) in [5.74, 6) is 3.38. The molecule has 0 aromatic heterocycles. The van der Waals surface area contributed by atoms with Crippen molar-refractivity contribution in [2.75, 3.05) is 0 Å². The summed E-state index contributed by atoms with van der Waals surface area (Å²) in [6.45, 7) is 2.32. The molecule has 0 amide bonds. The van der Waals surface area contributed by atoms with Crippen molar-refractivity contribution in [2.45, 2.75) is 77.6 Å². The van der Waals surface area contributed by atoms with Gasteiger partial charge in [0, 0.05) is 5.92 Å². The van der Waals surface area contributed by atoms with E-state index in [9.17, 15) is 4.79 Å². The van der Waals surface area contributed by atoms with Crippen molar-refractivity contribution in [1.29, 1.82) is 0 Å². The Bertz CT molecular complexity index is 232. The van der Waals surface area contributed by atoms with Crippen molar-refractivity contribution in [3.8, 4) is 0 Å². The van der Waals surface area contributed by atoms with E-state index in [4.69, 9.17) is 0 Å². The van der Waals surface area contributed by atoms with Gasteiger partial charge in [0.2, 0.25) is 0 Å². The van der Waals surface area contributed by atoms with Gasteiger partial charge < -0.3 is 4.79 Å².